The number of alkyl halides is 2. The predicted molar refractivity (Wildman–Crippen MR) is 86.7 cm³/mol. The van der Waals surface area contributed by atoms with E-state index in [1.54, 1.807) is 5.56 Å². The topological polar surface area (TPSA) is 0 Å². The van der Waals surface area contributed by atoms with Crippen LogP contribution in [-0.2, 0) is 17.1 Å². The van der Waals surface area contributed by atoms with Gasteiger partial charge in [-0.2, -0.15) is 0 Å². The molecule has 1 aromatic rings. The van der Waals surface area contributed by atoms with Crippen LogP contribution in [-0.4, -0.2) is 0 Å². The summed E-state index contributed by atoms with van der Waals surface area (Å²) in [5, 5.41) is 4.31. The van der Waals surface area contributed by atoms with Crippen molar-refractivity contribution >= 4 is 43.2 Å². The molecule has 1 aromatic heterocycles. The number of thiophene rings is 1. The monoisotopic (exact) mass is 380 g/mol. The van der Waals surface area contributed by atoms with E-state index < -0.39 is 0 Å². The molecule has 98 valence electrons. The molecule has 1 heterocycles. The molecule has 0 saturated carbocycles. The fraction of sp³-hybridized carbons (Fsp3) is 0.714. The summed E-state index contributed by atoms with van der Waals surface area (Å²) in [6.07, 6.45) is 9.56. The van der Waals surface area contributed by atoms with E-state index in [4.69, 9.17) is 0 Å². The first-order valence-corrected chi connectivity index (χ1v) is 9.65. The van der Waals surface area contributed by atoms with Crippen molar-refractivity contribution in [2.75, 3.05) is 0 Å². The molecule has 0 unspecified atom stereocenters. The van der Waals surface area contributed by atoms with Crippen LogP contribution >= 0.6 is 43.2 Å². The molecule has 1 rings (SSSR count). The Morgan fingerprint density at radius 3 is 2.35 bits per heavy atom. The van der Waals surface area contributed by atoms with Crippen molar-refractivity contribution < 1.29 is 0 Å². The molecule has 0 nitrogen and oxygen atoms in total. The standard InChI is InChI=1S/C14H22Br2S/c1-2-3-4-5-6-7-8-13-12(9-15)11-17-14(13)10-16/h11H,2-10H2,1H3. The van der Waals surface area contributed by atoms with E-state index in [1.165, 1.54) is 55.4 Å². The predicted octanol–water partition coefficient (Wildman–Crippen LogP) is 6.44. The van der Waals surface area contributed by atoms with Crippen molar-refractivity contribution in [2.24, 2.45) is 0 Å². The molecule has 0 radical (unpaired) electrons. The van der Waals surface area contributed by atoms with Crippen molar-refractivity contribution in [3.63, 3.8) is 0 Å². The van der Waals surface area contributed by atoms with Gasteiger partial charge in [0.05, 0.1) is 0 Å². The fourth-order valence-corrected chi connectivity index (χ4v) is 4.47. The van der Waals surface area contributed by atoms with Gasteiger partial charge in [-0.25, -0.2) is 0 Å². The third kappa shape index (κ3) is 5.44. The normalized spacial score (nSPS) is 11.0. The Bertz CT molecular complexity index is 286. The maximum Gasteiger partial charge on any atom is 0.0380 e. The van der Waals surface area contributed by atoms with Crippen LogP contribution in [0.25, 0.3) is 0 Å². The lowest BCUT2D eigenvalue weighted by Crippen LogP contribution is -1.92. The zero-order valence-electron chi connectivity index (χ0n) is 10.6. The average Bonchev–Trinajstić information content (AvgIpc) is 2.75. The molecule has 0 aliphatic carbocycles. The van der Waals surface area contributed by atoms with Crippen LogP contribution in [0, 0.1) is 0 Å². The van der Waals surface area contributed by atoms with Gasteiger partial charge in [0.2, 0.25) is 0 Å². The SMILES string of the molecule is CCCCCCCCc1c(CBr)csc1CBr. The number of hydrogen-bond acceptors (Lipinski definition) is 1. The summed E-state index contributed by atoms with van der Waals surface area (Å²) in [5.41, 5.74) is 3.09. The van der Waals surface area contributed by atoms with Crippen molar-refractivity contribution in [3.8, 4) is 0 Å². The second kappa shape index (κ2) is 9.57. The zero-order chi connectivity index (χ0) is 12.5. The average molecular weight is 382 g/mol. The van der Waals surface area contributed by atoms with Crippen molar-refractivity contribution in [3.05, 3.63) is 21.4 Å². The largest absolute Gasteiger partial charge is 0.147 e. The quantitative estimate of drug-likeness (QED) is 0.341. The van der Waals surface area contributed by atoms with Gasteiger partial charge in [0, 0.05) is 15.5 Å². The first-order chi connectivity index (χ1) is 8.33. The van der Waals surface area contributed by atoms with E-state index >= 15 is 0 Å². The van der Waals surface area contributed by atoms with E-state index in [-0.39, 0.29) is 0 Å². The van der Waals surface area contributed by atoms with Crippen molar-refractivity contribution in [1.29, 1.82) is 0 Å². The molecule has 0 bridgehead atoms. The lowest BCUT2D eigenvalue weighted by molar-refractivity contribution is 0.607. The molecule has 3 heteroatoms. The molecule has 0 saturated heterocycles. The maximum absolute atomic E-state index is 3.59. The number of halogens is 2. The number of unbranched alkanes of at least 4 members (excludes halogenated alkanes) is 5. The molecule has 0 aromatic carbocycles. The molecule has 17 heavy (non-hydrogen) atoms. The summed E-state index contributed by atoms with van der Waals surface area (Å²) >= 11 is 9.07. The molecule has 0 spiro atoms. The van der Waals surface area contributed by atoms with E-state index in [0.717, 1.165) is 10.7 Å². The third-order valence-corrected chi connectivity index (χ3v) is 5.73. The van der Waals surface area contributed by atoms with Gasteiger partial charge in [0.25, 0.3) is 0 Å². The Morgan fingerprint density at radius 2 is 1.71 bits per heavy atom. The lowest BCUT2D eigenvalue weighted by atomic mass is 10.0. The first kappa shape index (κ1) is 15.7. The van der Waals surface area contributed by atoms with Gasteiger partial charge in [-0.15, -0.1) is 11.3 Å². The Hall–Kier alpha value is 0.660. The number of hydrogen-bond donors (Lipinski definition) is 0. The molecular formula is C14H22Br2S. The third-order valence-electron chi connectivity index (χ3n) is 3.11. The smallest absolute Gasteiger partial charge is 0.0380 e. The van der Waals surface area contributed by atoms with Crippen LogP contribution in [0.4, 0.5) is 0 Å². The highest BCUT2D eigenvalue weighted by Gasteiger charge is 2.09. The van der Waals surface area contributed by atoms with Crippen molar-refractivity contribution in [1.82, 2.24) is 0 Å². The van der Waals surface area contributed by atoms with Crippen molar-refractivity contribution in [2.45, 2.75) is 62.5 Å². The first-order valence-electron chi connectivity index (χ1n) is 6.53. The summed E-state index contributed by atoms with van der Waals surface area (Å²) in [5.74, 6) is 0. The highest BCUT2D eigenvalue weighted by atomic mass is 79.9. The van der Waals surface area contributed by atoms with Crippen LogP contribution < -0.4 is 0 Å². The molecule has 0 N–H and O–H groups in total. The maximum atomic E-state index is 3.59. The summed E-state index contributed by atoms with van der Waals surface area (Å²) in [7, 11) is 0. The van der Waals surface area contributed by atoms with Crippen LogP contribution in [0.15, 0.2) is 5.38 Å². The lowest BCUT2D eigenvalue weighted by Gasteiger charge is -2.05. The molecule has 0 atom stereocenters. The zero-order valence-corrected chi connectivity index (χ0v) is 14.6. The van der Waals surface area contributed by atoms with Gasteiger partial charge >= 0.3 is 0 Å². The Balaban J connectivity index is 2.32. The van der Waals surface area contributed by atoms with Crippen LogP contribution in [0.1, 0.15) is 61.5 Å². The minimum Gasteiger partial charge on any atom is -0.147 e. The molecule has 0 aliphatic heterocycles. The Labute approximate surface area is 126 Å². The summed E-state index contributed by atoms with van der Waals surface area (Å²) in [6, 6.07) is 0. The van der Waals surface area contributed by atoms with Gasteiger partial charge in [0.1, 0.15) is 0 Å². The fourth-order valence-electron chi connectivity index (χ4n) is 2.07. The molecule has 0 aliphatic rings. The van der Waals surface area contributed by atoms with Crippen LogP contribution in [0.2, 0.25) is 0 Å². The Kier molecular flexibility index (Phi) is 8.85. The highest BCUT2D eigenvalue weighted by molar-refractivity contribution is 9.08. The molecular weight excluding hydrogens is 360 g/mol. The van der Waals surface area contributed by atoms with Crippen LogP contribution in [0.3, 0.4) is 0 Å². The van der Waals surface area contributed by atoms with E-state index in [0.29, 0.717) is 0 Å². The van der Waals surface area contributed by atoms with Gasteiger partial charge in [0.15, 0.2) is 0 Å². The number of rotatable bonds is 9. The summed E-state index contributed by atoms with van der Waals surface area (Å²) in [4.78, 5) is 1.52. The second-order valence-electron chi connectivity index (χ2n) is 4.45. The highest BCUT2D eigenvalue weighted by Crippen LogP contribution is 2.28. The van der Waals surface area contributed by atoms with E-state index in [9.17, 15) is 0 Å². The van der Waals surface area contributed by atoms with E-state index in [1.807, 2.05) is 11.3 Å². The van der Waals surface area contributed by atoms with Gasteiger partial charge in [-0.3, -0.25) is 0 Å². The van der Waals surface area contributed by atoms with E-state index in [2.05, 4.69) is 44.2 Å². The molecule has 0 fully saturated rings. The van der Waals surface area contributed by atoms with Gasteiger partial charge in [-0.05, 0) is 29.3 Å². The van der Waals surface area contributed by atoms with Gasteiger partial charge < -0.3 is 0 Å². The summed E-state index contributed by atoms with van der Waals surface area (Å²) < 4.78 is 0. The van der Waals surface area contributed by atoms with Crippen LogP contribution in [0.5, 0.6) is 0 Å². The summed E-state index contributed by atoms with van der Waals surface area (Å²) in [6.45, 7) is 2.27. The second-order valence-corrected chi connectivity index (χ2v) is 6.53. The van der Waals surface area contributed by atoms with Gasteiger partial charge in [-0.1, -0.05) is 70.9 Å². The minimum atomic E-state index is 1.00. The molecule has 0 amide bonds. The minimum absolute atomic E-state index is 1.00. The Morgan fingerprint density at radius 1 is 1.00 bits per heavy atom.